The quantitative estimate of drug-likeness (QED) is 0.848. The van der Waals surface area contributed by atoms with Crippen LogP contribution < -0.4 is 0 Å². The Morgan fingerprint density at radius 2 is 2.12 bits per heavy atom. The minimum atomic E-state index is 0.152. The number of nitrogens with zero attached hydrogens (tertiary/aromatic N) is 2. The van der Waals surface area contributed by atoms with Crippen molar-refractivity contribution in [3.8, 4) is 0 Å². The number of likely N-dealkylation sites (N-methyl/N-ethyl adjacent to an activating group) is 1. The second-order valence-electron chi connectivity index (χ2n) is 7.64. The SMILES string of the molecule is CN(CCN1CCOCC1)C(=O)[C@@H]1C[C@@]12CCCc1ccccc12. The van der Waals surface area contributed by atoms with Gasteiger partial charge in [0.05, 0.1) is 13.2 Å². The molecule has 1 spiro atoms. The molecule has 2 aliphatic carbocycles. The van der Waals surface area contributed by atoms with Crippen LogP contribution in [0.1, 0.15) is 30.4 Å². The monoisotopic (exact) mass is 328 g/mol. The largest absolute Gasteiger partial charge is 0.379 e. The maximum atomic E-state index is 12.9. The summed E-state index contributed by atoms with van der Waals surface area (Å²) in [6.45, 7) is 5.40. The van der Waals surface area contributed by atoms with Crippen molar-refractivity contribution in [1.29, 1.82) is 0 Å². The fourth-order valence-electron chi connectivity index (χ4n) is 4.65. The van der Waals surface area contributed by atoms with Crippen molar-refractivity contribution in [3.63, 3.8) is 0 Å². The fourth-order valence-corrected chi connectivity index (χ4v) is 4.65. The van der Waals surface area contributed by atoms with Gasteiger partial charge in [-0.3, -0.25) is 9.69 Å². The lowest BCUT2D eigenvalue weighted by Gasteiger charge is -2.30. The molecule has 1 saturated carbocycles. The zero-order valence-corrected chi connectivity index (χ0v) is 14.7. The molecule has 0 radical (unpaired) electrons. The summed E-state index contributed by atoms with van der Waals surface area (Å²) in [5.41, 5.74) is 3.07. The topological polar surface area (TPSA) is 32.8 Å². The number of benzene rings is 1. The molecule has 1 heterocycles. The van der Waals surface area contributed by atoms with Crippen molar-refractivity contribution < 1.29 is 9.53 Å². The Hall–Kier alpha value is -1.39. The minimum Gasteiger partial charge on any atom is -0.379 e. The first-order valence-electron chi connectivity index (χ1n) is 9.34. The highest BCUT2D eigenvalue weighted by atomic mass is 16.5. The van der Waals surface area contributed by atoms with E-state index in [9.17, 15) is 4.79 Å². The van der Waals surface area contributed by atoms with Crippen LogP contribution in [-0.4, -0.2) is 62.1 Å². The number of ether oxygens (including phenoxy) is 1. The third-order valence-corrected chi connectivity index (χ3v) is 6.23. The van der Waals surface area contributed by atoms with Gasteiger partial charge in [0.25, 0.3) is 0 Å². The summed E-state index contributed by atoms with van der Waals surface area (Å²) in [5, 5.41) is 0. The molecule has 0 bridgehead atoms. The van der Waals surface area contributed by atoms with Crippen LogP contribution in [0.25, 0.3) is 0 Å². The zero-order chi connectivity index (χ0) is 16.6. The van der Waals surface area contributed by atoms with E-state index in [2.05, 4.69) is 29.2 Å². The predicted octanol–water partition coefficient (Wildman–Crippen LogP) is 2.07. The molecular weight excluding hydrogens is 300 g/mol. The molecule has 2 fully saturated rings. The lowest BCUT2D eigenvalue weighted by molar-refractivity contribution is -0.132. The van der Waals surface area contributed by atoms with E-state index in [1.165, 1.54) is 30.4 Å². The second-order valence-corrected chi connectivity index (χ2v) is 7.64. The van der Waals surface area contributed by atoms with Crippen molar-refractivity contribution in [3.05, 3.63) is 35.4 Å². The number of hydrogen-bond donors (Lipinski definition) is 0. The summed E-state index contributed by atoms with van der Waals surface area (Å²) in [5.74, 6) is 0.550. The van der Waals surface area contributed by atoms with E-state index in [-0.39, 0.29) is 11.3 Å². The van der Waals surface area contributed by atoms with Crippen LogP contribution in [0.2, 0.25) is 0 Å². The Morgan fingerprint density at radius 3 is 2.96 bits per heavy atom. The summed E-state index contributed by atoms with van der Waals surface area (Å²) in [7, 11) is 1.98. The van der Waals surface area contributed by atoms with Crippen LogP contribution in [0.5, 0.6) is 0 Å². The van der Waals surface area contributed by atoms with Crippen molar-refractivity contribution >= 4 is 5.91 Å². The van der Waals surface area contributed by atoms with Gasteiger partial charge in [-0.1, -0.05) is 24.3 Å². The average molecular weight is 328 g/mol. The highest BCUT2D eigenvalue weighted by Gasteiger charge is 2.60. The number of rotatable bonds is 4. The number of aryl methyl sites for hydroxylation is 1. The van der Waals surface area contributed by atoms with Gasteiger partial charge < -0.3 is 9.64 Å². The summed E-state index contributed by atoms with van der Waals surface area (Å²) < 4.78 is 5.39. The lowest BCUT2D eigenvalue weighted by Crippen LogP contribution is -2.42. The van der Waals surface area contributed by atoms with E-state index in [1.807, 2.05) is 11.9 Å². The number of carbonyl (C=O) groups excluding carboxylic acids is 1. The van der Waals surface area contributed by atoms with Crippen molar-refractivity contribution in [1.82, 2.24) is 9.80 Å². The standard InChI is InChI=1S/C20H28N2O2/c1-21(9-10-22-11-13-24-14-12-22)19(23)18-15-20(18)8-4-6-16-5-2-3-7-17(16)20/h2-3,5,7,18H,4,6,8-15H2,1H3/t18-,20+/m0/s1. The van der Waals surface area contributed by atoms with E-state index in [0.29, 0.717) is 5.91 Å². The number of carbonyl (C=O) groups is 1. The summed E-state index contributed by atoms with van der Waals surface area (Å²) in [6.07, 6.45) is 4.62. The zero-order valence-electron chi connectivity index (χ0n) is 14.7. The van der Waals surface area contributed by atoms with Gasteiger partial charge in [0.2, 0.25) is 5.91 Å². The van der Waals surface area contributed by atoms with Crippen molar-refractivity contribution in [2.45, 2.75) is 31.1 Å². The molecule has 4 heteroatoms. The molecule has 1 aliphatic heterocycles. The summed E-state index contributed by atoms with van der Waals surface area (Å²) in [4.78, 5) is 17.3. The second kappa shape index (κ2) is 6.49. The first-order chi connectivity index (χ1) is 11.7. The van der Waals surface area contributed by atoms with Gasteiger partial charge in [-0.2, -0.15) is 0 Å². The van der Waals surface area contributed by atoms with Crippen LogP contribution in [0.3, 0.4) is 0 Å². The third kappa shape index (κ3) is 2.86. The molecule has 0 aromatic heterocycles. The predicted molar refractivity (Wildman–Crippen MR) is 94.1 cm³/mol. The molecule has 3 aliphatic rings. The Labute approximate surface area is 144 Å². The van der Waals surface area contributed by atoms with Gasteiger partial charge in [-0.05, 0) is 36.8 Å². The Bertz CT molecular complexity index is 611. The third-order valence-electron chi connectivity index (χ3n) is 6.23. The molecule has 1 amide bonds. The first kappa shape index (κ1) is 16.1. The Balaban J connectivity index is 1.38. The van der Waals surface area contributed by atoms with E-state index in [0.717, 1.165) is 45.8 Å². The molecule has 1 aromatic carbocycles. The highest BCUT2D eigenvalue weighted by Crippen LogP contribution is 2.60. The van der Waals surface area contributed by atoms with Gasteiger partial charge in [0.15, 0.2) is 0 Å². The molecule has 4 rings (SSSR count). The van der Waals surface area contributed by atoms with E-state index in [4.69, 9.17) is 4.74 Å². The van der Waals surface area contributed by atoms with Crippen LogP contribution in [0, 0.1) is 5.92 Å². The number of amides is 1. The molecular formula is C20H28N2O2. The molecule has 0 N–H and O–H groups in total. The first-order valence-corrected chi connectivity index (χ1v) is 9.34. The van der Waals surface area contributed by atoms with Crippen LogP contribution in [0.15, 0.2) is 24.3 Å². The molecule has 0 unspecified atom stereocenters. The molecule has 1 aromatic rings. The van der Waals surface area contributed by atoms with Crippen LogP contribution >= 0.6 is 0 Å². The minimum absolute atomic E-state index is 0.152. The fraction of sp³-hybridized carbons (Fsp3) is 0.650. The molecule has 2 atom stereocenters. The van der Waals surface area contributed by atoms with Gasteiger partial charge in [-0.25, -0.2) is 0 Å². The maximum absolute atomic E-state index is 12.9. The Kier molecular flexibility index (Phi) is 4.35. The average Bonchev–Trinajstić information content (AvgIpc) is 3.35. The normalized spacial score (nSPS) is 29.3. The van der Waals surface area contributed by atoms with Gasteiger partial charge in [0, 0.05) is 44.6 Å². The van der Waals surface area contributed by atoms with Crippen LogP contribution in [0.4, 0.5) is 0 Å². The van der Waals surface area contributed by atoms with E-state index in [1.54, 1.807) is 0 Å². The molecule has 4 nitrogen and oxygen atoms in total. The maximum Gasteiger partial charge on any atom is 0.226 e. The van der Waals surface area contributed by atoms with Crippen LogP contribution in [-0.2, 0) is 21.4 Å². The molecule has 1 saturated heterocycles. The Morgan fingerprint density at radius 1 is 1.33 bits per heavy atom. The summed E-state index contributed by atoms with van der Waals surface area (Å²) in [6, 6.07) is 8.77. The van der Waals surface area contributed by atoms with Crippen molar-refractivity contribution in [2.24, 2.45) is 5.92 Å². The number of hydrogen-bond acceptors (Lipinski definition) is 3. The highest BCUT2D eigenvalue weighted by molar-refractivity contribution is 5.84. The van der Waals surface area contributed by atoms with E-state index < -0.39 is 0 Å². The molecule has 130 valence electrons. The van der Waals surface area contributed by atoms with Gasteiger partial charge in [-0.15, -0.1) is 0 Å². The van der Waals surface area contributed by atoms with Gasteiger partial charge >= 0.3 is 0 Å². The van der Waals surface area contributed by atoms with Gasteiger partial charge in [0.1, 0.15) is 0 Å². The lowest BCUT2D eigenvalue weighted by atomic mass is 9.78. The molecule has 24 heavy (non-hydrogen) atoms. The number of fused-ring (bicyclic) bond motifs is 2. The van der Waals surface area contributed by atoms with Crippen molar-refractivity contribution in [2.75, 3.05) is 46.4 Å². The smallest absolute Gasteiger partial charge is 0.226 e. The summed E-state index contributed by atoms with van der Waals surface area (Å²) >= 11 is 0. The van der Waals surface area contributed by atoms with E-state index >= 15 is 0 Å². The number of morpholine rings is 1.